The van der Waals surface area contributed by atoms with E-state index in [1.807, 2.05) is 17.0 Å². The number of hydrogen-bond donors (Lipinski definition) is 2. The van der Waals surface area contributed by atoms with E-state index in [4.69, 9.17) is 5.73 Å². The first-order valence-corrected chi connectivity index (χ1v) is 10.4. The Kier molecular flexibility index (Phi) is 7.96. The summed E-state index contributed by atoms with van der Waals surface area (Å²) in [6.45, 7) is 11.2. The van der Waals surface area contributed by atoms with E-state index in [1.54, 1.807) is 12.1 Å². The second-order valence-corrected chi connectivity index (χ2v) is 8.68. The van der Waals surface area contributed by atoms with Gasteiger partial charge in [0.1, 0.15) is 5.75 Å². The summed E-state index contributed by atoms with van der Waals surface area (Å²) in [6.07, 6.45) is 3.78. The van der Waals surface area contributed by atoms with Crippen molar-refractivity contribution in [3.63, 3.8) is 0 Å². The van der Waals surface area contributed by atoms with E-state index in [0.717, 1.165) is 51.0 Å². The Balaban J connectivity index is 2.00. The van der Waals surface area contributed by atoms with Crippen molar-refractivity contribution >= 4 is 11.6 Å². The van der Waals surface area contributed by atoms with Crippen LogP contribution in [0.2, 0.25) is 0 Å². The maximum Gasteiger partial charge on any atom is 0.239 e. The number of aromatic hydroxyl groups is 1. The molecule has 1 aliphatic rings. The third-order valence-electron chi connectivity index (χ3n) is 5.39. The fourth-order valence-corrected chi connectivity index (χ4v) is 3.80. The molecule has 2 rings (SSSR count). The van der Waals surface area contributed by atoms with Gasteiger partial charge >= 0.3 is 0 Å². The number of anilines is 1. The zero-order chi connectivity index (χ0) is 20.0. The Morgan fingerprint density at radius 3 is 2.26 bits per heavy atom. The van der Waals surface area contributed by atoms with Crippen LogP contribution in [0.1, 0.15) is 53.4 Å². The van der Waals surface area contributed by atoms with E-state index in [2.05, 4.69) is 32.6 Å². The van der Waals surface area contributed by atoms with Crippen LogP contribution in [0.5, 0.6) is 5.75 Å². The minimum absolute atomic E-state index is 0.0977. The van der Waals surface area contributed by atoms with E-state index in [-0.39, 0.29) is 11.9 Å². The average Bonchev–Trinajstić information content (AvgIpc) is 2.62. The smallest absolute Gasteiger partial charge is 0.239 e. The normalized spacial score (nSPS) is 16.8. The van der Waals surface area contributed by atoms with Gasteiger partial charge in [-0.2, -0.15) is 0 Å². The molecule has 5 nitrogen and oxygen atoms in total. The molecular weight excluding hydrogens is 338 g/mol. The van der Waals surface area contributed by atoms with Gasteiger partial charge in [-0.05, 0) is 61.8 Å². The number of amides is 1. The Morgan fingerprint density at radius 1 is 1.15 bits per heavy atom. The first kappa shape index (κ1) is 21.5. The van der Waals surface area contributed by atoms with Crippen molar-refractivity contribution in [2.24, 2.45) is 17.6 Å². The van der Waals surface area contributed by atoms with Crippen LogP contribution in [-0.4, -0.2) is 47.6 Å². The van der Waals surface area contributed by atoms with Gasteiger partial charge in [0, 0.05) is 31.4 Å². The summed E-state index contributed by atoms with van der Waals surface area (Å²) in [5, 5.41) is 9.60. The number of nitrogens with zero attached hydrogens (tertiary/aromatic N) is 2. The molecule has 1 aromatic carbocycles. The zero-order valence-electron chi connectivity index (χ0n) is 17.4. The van der Waals surface area contributed by atoms with Crippen LogP contribution in [-0.2, 0) is 4.79 Å². The minimum Gasteiger partial charge on any atom is -0.508 e. The molecule has 1 atom stereocenters. The Labute approximate surface area is 164 Å². The van der Waals surface area contributed by atoms with Crippen molar-refractivity contribution in [3.05, 3.63) is 24.3 Å². The number of phenolic OH excluding ortho intramolecular Hbond substituents is 1. The molecule has 5 heteroatoms. The van der Waals surface area contributed by atoms with Crippen LogP contribution in [0.15, 0.2) is 24.3 Å². The standard InChI is InChI=1S/C22H37N3O2/c1-16(2)9-14-25(18-5-7-20(26)8-6-18)19-10-12-24(13-11-19)22(27)21(23)15-17(3)4/h5-8,16-17,19,21,26H,9-15,23H2,1-4H3/t21-/m0/s1. The molecule has 0 unspecified atom stereocenters. The number of phenols is 1. The number of benzene rings is 1. The molecule has 1 fully saturated rings. The van der Waals surface area contributed by atoms with Gasteiger partial charge in [-0.15, -0.1) is 0 Å². The maximum atomic E-state index is 12.6. The molecule has 1 amide bonds. The molecule has 152 valence electrons. The van der Waals surface area contributed by atoms with Gasteiger partial charge in [-0.25, -0.2) is 0 Å². The quantitative estimate of drug-likeness (QED) is 0.728. The van der Waals surface area contributed by atoms with Gasteiger partial charge in [0.05, 0.1) is 6.04 Å². The van der Waals surface area contributed by atoms with Gasteiger partial charge < -0.3 is 20.6 Å². The highest BCUT2D eigenvalue weighted by molar-refractivity contribution is 5.81. The maximum absolute atomic E-state index is 12.6. The molecule has 1 aliphatic heterocycles. The third kappa shape index (κ3) is 6.42. The van der Waals surface area contributed by atoms with Crippen molar-refractivity contribution in [1.82, 2.24) is 4.90 Å². The minimum atomic E-state index is -0.379. The molecule has 0 aromatic heterocycles. The van der Waals surface area contributed by atoms with E-state index in [9.17, 15) is 9.90 Å². The lowest BCUT2D eigenvalue weighted by Gasteiger charge is -2.41. The predicted octanol–water partition coefficient (Wildman–Crippen LogP) is 3.61. The number of carbonyl (C=O) groups is 1. The van der Waals surface area contributed by atoms with Gasteiger partial charge in [-0.1, -0.05) is 27.7 Å². The summed E-state index contributed by atoms with van der Waals surface area (Å²) in [4.78, 5) is 17.0. The molecule has 1 saturated heterocycles. The monoisotopic (exact) mass is 375 g/mol. The largest absolute Gasteiger partial charge is 0.508 e. The topological polar surface area (TPSA) is 69.8 Å². The molecule has 0 bridgehead atoms. The molecular formula is C22H37N3O2. The lowest BCUT2D eigenvalue weighted by molar-refractivity contribution is -0.134. The first-order chi connectivity index (χ1) is 12.8. The summed E-state index contributed by atoms with van der Waals surface area (Å²) >= 11 is 0. The lowest BCUT2D eigenvalue weighted by Crippen LogP contribution is -2.51. The molecule has 0 aliphatic carbocycles. The Hall–Kier alpha value is -1.75. The van der Waals surface area contributed by atoms with Gasteiger partial charge in [0.15, 0.2) is 0 Å². The fraction of sp³-hybridized carbons (Fsp3) is 0.682. The molecule has 0 spiro atoms. The first-order valence-electron chi connectivity index (χ1n) is 10.4. The van der Waals surface area contributed by atoms with Gasteiger partial charge in [-0.3, -0.25) is 4.79 Å². The van der Waals surface area contributed by atoms with E-state index < -0.39 is 0 Å². The molecule has 1 heterocycles. The van der Waals surface area contributed by atoms with Crippen molar-refractivity contribution in [3.8, 4) is 5.75 Å². The van der Waals surface area contributed by atoms with Crippen molar-refractivity contribution < 1.29 is 9.90 Å². The van der Waals surface area contributed by atoms with Crippen LogP contribution in [0.25, 0.3) is 0 Å². The lowest BCUT2D eigenvalue weighted by atomic mass is 9.98. The summed E-state index contributed by atoms with van der Waals surface area (Å²) in [6, 6.07) is 7.52. The highest BCUT2D eigenvalue weighted by Crippen LogP contribution is 2.26. The van der Waals surface area contributed by atoms with Gasteiger partial charge in [0.2, 0.25) is 5.91 Å². The second-order valence-electron chi connectivity index (χ2n) is 8.68. The van der Waals surface area contributed by atoms with Crippen LogP contribution in [0, 0.1) is 11.8 Å². The highest BCUT2D eigenvalue weighted by Gasteiger charge is 2.29. The highest BCUT2D eigenvalue weighted by atomic mass is 16.3. The summed E-state index contributed by atoms with van der Waals surface area (Å²) in [7, 11) is 0. The summed E-state index contributed by atoms with van der Waals surface area (Å²) < 4.78 is 0. The molecule has 0 saturated carbocycles. The number of likely N-dealkylation sites (tertiary alicyclic amines) is 1. The van der Waals surface area contributed by atoms with Crippen LogP contribution in [0.3, 0.4) is 0 Å². The van der Waals surface area contributed by atoms with Crippen LogP contribution < -0.4 is 10.6 Å². The number of rotatable bonds is 8. The number of nitrogens with two attached hydrogens (primary N) is 1. The van der Waals surface area contributed by atoms with Gasteiger partial charge in [0.25, 0.3) is 0 Å². The number of carbonyl (C=O) groups excluding carboxylic acids is 1. The average molecular weight is 376 g/mol. The second kappa shape index (κ2) is 9.98. The van der Waals surface area contributed by atoms with E-state index in [1.165, 1.54) is 0 Å². The summed E-state index contributed by atoms with van der Waals surface area (Å²) in [5.41, 5.74) is 7.25. The van der Waals surface area contributed by atoms with Crippen LogP contribution in [0.4, 0.5) is 5.69 Å². The number of piperidine rings is 1. The third-order valence-corrected chi connectivity index (χ3v) is 5.39. The zero-order valence-corrected chi connectivity index (χ0v) is 17.4. The Bertz CT molecular complexity index is 578. The van der Waals surface area contributed by atoms with E-state index in [0.29, 0.717) is 23.6 Å². The molecule has 0 radical (unpaired) electrons. The van der Waals surface area contributed by atoms with Crippen molar-refractivity contribution in [2.75, 3.05) is 24.5 Å². The summed E-state index contributed by atoms with van der Waals surface area (Å²) in [5.74, 6) is 1.46. The van der Waals surface area contributed by atoms with E-state index >= 15 is 0 Å². The Morgan fingerprint density at radius 2 is 1.74 bits per heavy atom. The van der Waals surface area contributed by atoms with Crippen molar-refractivity contribution in [1.29, 1.82) is 0 Å². The predicted molar refractivity (Wildman–Crippen MR) is 112 cm³/mol. The molecule has 3 N–H and O–H groups in total. The van der Waals surface area contributed by atoms with Crippen LogP contribution >= 0.6 is 0 Å². The SMILES string of the molecule is CC(C)CCN(c1ccc(O)cc1)C1CCN(C(=O)[C@@H](N)CC(C)C)CC1. The fourth-order valence-electron chi connectivity index (χ4n) is 3.80. The number of hydrogen-bond acceptors (Lipinski definition) is 4. The van der Waals surface area contributed by atoms with Crippen molar-refractivity contribution in [2.45, 2.75) is 65.5 Å². The molecule has 1 aromatic rings. The molecule has 27 heavy (non-hydrogen) atoms.